The molecule has 0 atom stereocenters. The molecule has 0 bridgehead atoms. The molecule has 4 aromatic rings. The van der Waals surface area contributed by atoms with Crippen molar-refractivity contribution in [2.45, 2.75) is 39.8 Å². The maximum absolute atomic E-state index is 12.6. The summed E-state index contributed by atoms with van der Waals surface area (Å²) in [6.07, 6.45) is 1.74. The van der Waals surface area contributed by atoms with E-state index < -0.39 is 5.91 Å². The predicted octanol–water partition coefficient (Wildman–Crippen LogP) is 7.09. The van der Waals surface area contributed by atoms with E-state index in [1.165, 1.54) is 0 Å². The second-order valence-corrected chi connectivity index (χ2v) is 9.12. The molecule has 0 aliphatic heterocycles. The van der Waals surface area contributed by atoms with Crippen LogP contribution in [0.15, 0.2) is 65.2 Å². The zero-order valence-corrected chi connectivity index (χ0v) is 20.7. The molecular formula is C26H25Cl2N3O3. The van der Waals surface area contributed by atoms with Crippen molar-refractivity contribution in [1.82, 2.24) is 9.78 Å². The SMILES string of the molecule is Cc1ccc(C(C)C)c(OCc2ccc(C(=O)Nc3ccn(Cc4c(Cl)cccc4Cl)n3)o2)c1. The van der Waals surface area contributed by atoms with Gasteiger partial charge in [-0.1, -0.05) is 55.2 Å². The Morgan fingerprint density at radius 1 is 1.12 bits per heavy atom. The van der Waals surface area contributed by atoms with Crippen LogP contribution < -0.4 is 10.1 Å². The molecule has 0 radical (unpaired) electrons. The number of hydrogen-bond donors (Lipinski definition) is 1. The molecule has 2 heterocycles. The van der Waals surface area contributed by atoms with Crippen LogP contribution in [0.1, 0.15) is 52.8 Å². The summed E-state index contributed by atoms with van der Waals surface area (Å²) in [6.45, 7) is 6.88. The van der Waals surface area contributed by atoms with Crippen LogP contribution in [0, 0.1) is 6.92 Å². The Hall–Kier alpha value is -3.22. The maximum atomic E-state index is 12.6. The summed E-state index contributed by atoms with van der Waals surface area (Å²) in [5.41, 5.74) is 3.01. The van der Waals surface area contributed by atoms with Crippen LogP contribution in [0.3, 0.4) is 0 Å². The summed E-state index contributed by atoms with van der Waals surface area (Å²) >= 11 is 12.5. The van der Waals surface area contributed by atoms with E-state index in [4.69, 9.17) is 32.4 Å². The zero-order valence-electron chi connectivity index (χ0n) is 19.1. The Morgan fingerprint density at radius 3 is 2.62 bits per heavy atom. The van der Waals surface area contributed by atoms with Crippen LogP contribution >= 0.6 is 23.2 Å². The molecule has 4 rings (SSSR count). The van der Waals surface area contributed by atoms with Crippen LogP contribution in [0.5, 0.6) is 5.75 Å². The minimum atomic E-state index is -0.397. The third-order valence-electron chi connectivity index (χ3n) is 5.31. The number of benzene rings is 2. The zero-order chi connectivity index (χ0) is 24.2. The van der Waals surface area contributed by atoms with Gasteiger partial charge >= 0.3 is 0 Å². The molecule has 0 spiro atoms. The normalized spacial score (nSPS) is 11.1. The number of ether oxygens (including phenoxy) is 1. The number of amides is 1. The summed E-state index contributed by atoms with van der Waals surface area (Å²) < 4.78 is 13.3. The fraction of sp³-hybridized carbons (Fsp3) is 0.231. The van der Waals surface area contributed by atoms with Gasteiger partial charge in [-0.25, -0.2) is 0 Å². The quantitative estimate of drug-likeness (QED) is 0.282. The topological polar surface area (TPSA) is 69.3 Å². The third kappa shape index (κ3) is 5.64. The smallest absolute Gasteiger partial charge is 0.292 e. The Labute approximate surface area is 208 Å². The number of aromatic nitrogens is 2. The monoisotopic (exact) mass is 497 g/mol. The summed E-state index contributed by atoms with van der Waals surface area (Å²) in [5.74, 6) is 1.88. The number of nitrogens with zero attached hydrogens (tertiary/aromatic N) is 2. The Kier molecular flexibility index (Phi) is 7.29. The predicted molar refractivity (Wildman–Crippen MR) is 134 cm³/mol. The van der Waals surface area contributed by atoms with Gasteiger partial charge in [-0.3, -0.25) is 9.48 Å². The molecule has 1 N–H and O–H groups in total. The molecule has 0 unspecified atom stereocenters. The van der Waals surface area contributed by atoms with Gasteiger partial charge in [0.2, 0.25) is 0 Å². The first-order valence-electron chi connectivity index (χ1n) is 10.9. The van der Waals surface area contributed by atoms with Gasteiger partial charge in [0.15, 0.2) is 11.6 Å². The van der Waals surface area contributed by atoms with Crippen molar-refractivity contribution in [2.24, 2.45) is 0 Å². The lowest BCUT2D eigenvalue weighted by Gasteiger charge is -2.14. The highest BCUT2D eigenvalue weighted by atomic mass is 35.5. The van der Waals surface area contributed by atoms with Crippen LogP contribution in [0.2, 0.25) is 10.0 Å². The van der Waals surface area contributed by atoms with Crippen molar-refractivity contribution in [3.05, 3.63) is 99.1 Å². The van der Waals surface area contributed by atoms with Crippen molar-refractivity contribution in [1.29, 1.82) is 0 Å². The van der Waals surface area contributed by atoms with Crippen molar-refractivity contribution in [3.8, 4) is 5.75 Å². The molecule has 0 saturated carbocycles. The van der Waals surface area contributed by atoms with Gasteiger partial charge in [0.1, 0.15) is 18.1 Å². The number of halogens is 2. The highest BCUT2D eigenvalue weighted by Crippen LogP contribution is 2.28. The molecule has 2 aromatic carbocycles. The lowest BCUT2D eigenvalue weighted by molar-refractivity contribution is 0.0992. The van der Waals surface area contributed by atoms with Gasteiger partial charge in [0.25, 0.3) is 5.91 Å². The van der Waals surface area contributed by atoms with Gasteiger partial charge in [0.05, 0.1) is 6.54 Å². The highest BCUT2D eigenvalue weighted by Gasteiger charge is 2.15. The van der Waals surface area contributed by atoms with Gasteiger partial charge in [0, 0.05) is 27.9 Å². The molecule has 8 heteroatoms. The molecule has 0 aliphatic carbocycles. The fourth-order valence-corrected chi connectivity index (χ4v) is 4.03. The molecule has 0 fully saturated rings. The minimum Gasteiger partial charge on any atom is -0.485 e. The lowest BCUT2D eigenvalue weighted by Crippen LogP contribution is -2.12. The lowest BCUT2D eigenvalue weighted by atomic mass is 10.0. The number of carbonyl (C=O) groups is 1. The van der Waals surface area contributed by atoms with Gasteiger partial charge in [-0.05, 0) is 54.3 Å². The molecule has 2 aromatic heterocycles. The van der Waals surface area contributed by atoms with Crippen LogP contribution in [-0.2, 0) is 13.2 Å². The fourth-order valence-electron chi connectivity index (χ4n) is 3.51. The number of nitrogens with one attached hydrogen (secondary N) is 1. The first-order chi connectivity index (χ1) is 16.3. The number of aryl methyl sites for hydroxylation is 1. The summed E-state index contributed by atoms with van der Waals surface area (Å²) in [6, 6.07) is 16.5. The number of hydrogen-bond acceptors (Lipinski definition) is 4. The average molecular weight is 498 g/mol. The van der Waals surface area contributed by atoms with Gasteiger partial charge < -0.3 is 14.5 Å². The molecule has 1 amide bonds. The molecular weight excluding hydrogens is 473 g/mol. The number of anilines is 1. The second kappa shape index (κ2) is 10.4. The Morgan fingerprint density at radius 2 is 1.88 bits per heavy atom. The molecule has 176 valence electrons. The van der Waals surface area contributed by atoms with Gasteiger partial charge in [-0.15, -0.1) is 0 Å². The van der Waals surface area contributed by atoms with Crippen molar-refractivity contribution in [3.63, 3.8) is 0 Å². The average Bonchev–Trinajstić information content (AvgIpc) is 3.44. The van der Waals surface area contributed by atoms with E-state index >= 15 is 0 Å². The van der Waals surface area contributed by atoms with E-state index in [1.54, 1.807) is 47.3 Å². The highest BCUT2D eigenvalue weighted by molar-refractivity contribution is 6.35. The first-order valence-corrected chi connectivity index (χ1v) is 11.7. The standard InChI is InChI=1S/C26H25Cl2N3O3/c1-16(2)19-9-7-17(3)13-24(19)33-15-18-8-10-23(34-18)26(32)29-25-11-12-31(30-25)14-20-21(27)5-4-6-22(20)28/h4-13,16H,14-15H2,1-3H3,(H,29,30,32). The largest absolute Gasteiger partial charge is 0.485 e. The summed E-state index contributed by atoms with van der Waals surface area (Å²) in [5, 5.41) is 8.23. The molecule has 0 saturated heterocycles. The maximum Gasteiger partial charge on any atom is 0.292 e. The van der Waals surface area contributed by atoms with Crippen molar-refractivity contribution in [2.75, 3.05) is 5.32 Å². The number of furan rings is 1. The van der Waals surface area contributed by atoms with Crippen LogP contribution in [0.4, 0.5) is 5.82 Å². The van der Waals surface area contributed by atoms with E-state index in [9.17, 15) is 4.79 Å². The Balaban J connectivity index is 1.38. The summed E-state index contributed by atoms with van der Waals surface area (Å²) in [7, 11) is 0. The van der Waals surface area contributed by atoms with E-state index in [2.05, 4.69) is 36.4 Å². The summed E-state index contributed by atoms with van der Waals surface area (Å²) in [4.78, 5) is 12.6. The second-order valence-electron chi connectivity index (χ2n) is 8.30. The van der Waals surface area contributed by atoms with Crippen molar-refractivity contribution < 1.29 is 13.9 Å². The minimum absolute atomic E-state index is 0.177. The van der Waals surface area contributed by atoms with E-state index in [-0.39, 0.29) is 12.4 Å². The van der Waals surface area contributed by atoms with Crippen LogP contribution in [-0.4, -0.2) is 15.7 Å². The molecule has 6 nitrogen and oxygen atoms in total. The molecule has 34 heavy (non-hydrogen) atoms. The van der Waals surface area contributed by atoms with E-state index in [1.807, 2.05) is 13.0 Å². The van der Waals surface area contributed by atoms with E-state index in [0.717, 1.165) is 22.4 Å². The Bertz CT molecular complexity index is 1290. The van der Waals surface area contributed by atoms with Crippen LogP contribution in [0.25, 0.3) is 0 Å². The number of rotatable bonds is 8. The molecule has 0 aliphatic rings. The first kappa shape index (κ1) is 23.9. The van der Waals surface area contributed by atoms with Crippen molar-refractivity contribution >= 4 is 34.9 Å². The van der Waals surface area contributed by atoms with Gasteiger partial charge in [-0.2, -0.15) is 5.10 Å². The van der Waals surface area contributed by atoms with E-state index in [0.29, 0.717) is 34.1 Å². The third-order valence-corrected chi connectivity index (χ3v) is 6.02. The number of carbonyl (C=O) groups excluding carboxylic acids is 1.